The van der Waals surface area contributed by atoms with Crippen LogP contribution in [-0.4, -0.2) is 32.3 Å². The molecule has 0 saturated heterocycles. The van der Waals surface area contributed by atoms with Crippen LogP contribution < -0.4 is 19.5 Å². The number of amides is 1. The van der Waals surface area contributed by atoms with Gasteiger partial charge in [0.2, 0.25) is 0 Å². The quantitative estimate of drug-likeness (QED) is 0.785. The number of ether oxygens (including phenoxy) is 3. The van der Waals surface area contributed by atoms with Crippen LogP contribution in [0.3, 0.4) is 0 Å². The summed E-state index contributed by atoms with van der Waals surface area (Å²) >= 11 is 3.28. The predicted octanol–water partition coefficient (Wildman–Crippen LogP) is 3.11. The fourth-order valence-corrected chi connectivity index (χ4v) is 2.55. The molecule has 2 aromatic rings. The van der Waals surface area contributed by atoms with Gasteiger partial charge in [-0.2, -0.15) is 0 Å². The van der Waals surface area contributed by atoms with Gasteiger partial charge in [0.25, 0.3) is 5.91 Å². The molecular weight excluding hydrogens is 378 g/mol. The summed E-state index contributed by atoms with van der Waals surface area (Å²) in [5.74, 6) is 1.15. The lowest BCUT2D eigenvalue weighted by Gasteiger charge is -2.15. The van der Waals surface area contributed by atoms with Gasteiger partial charge in [0.1, 0.15) is 11.5 Å². The molecule has 24 heavy (non-hydrogen) atoms. The number of halogens is 1. The summed E-state index contributed by atoms with van der Waals surface area (Å²) in [4.78, 5) is 12.3. The second kappa shape index (κ2) is 7.92. The minimum Gasteiger partial charge on any atom is -0.507 e. The fraction of sp³-hybridized carbons (Fsp3) is 0.235. The smallest absolute Gasteiger partial charge is 0.255 e. The molecular formula is C17H18BrNO5. The van der Waals surface area contributed by atoms with Gasteiger partial charge in [-0.15, -0.1) is 0 Å². The van der Waals surface area contributed by atoms with E-state index in [9.17, 15) is 9.90 Å². The number of hydrogen-bond acceptors (Lipinski definition) is 5. The molecule has 2 rings (SSSR count). The largest absolute Gasteiger partial charge is 0.507 e. The summed E-state index contributed by atoms with van der Waals surface area (Å²) in [5.41, 5.74) is 0.904. The van der Waals surface area contributed by atoms with Crippen molar-refractivity contribution in [1.82, 2.24) is 5.32 Å². The number of aromatic hydroxyl groups is 1. The third-order valence-corrected chi connectivity index (χ3v) is 3.92. The van der Waals surface area contributed by atoms with Crippen molar-refractivity contribution in [2.45, 2.75) is 6.54 Å². The van der Waals surface area contributed by atoms with E-state index >= 15 is 0 Å². The molecule has 2 aromatic carbocycles. The predicted molar refractivity (Wildman–Crippen MR) is 93.1 cm³/mol. The maximum Gasteiger partial charge on any atom is 0.255 e. The van der Waals surface area contributed by atoms with Gasteiger partial charge in [0.05, 0.1) is 26.9 Å². The van der Waals surface area contributed by atoms with Crippen LogP contribution in [0, 0.1) is 0 Å². The summed E-state index contributed by atoms with van der Waals surface area (Å²) in [7, 11) is 4.60. The molecule has 0 saturated carbocycles. The van der Waals surface area contributed by atoms with E-state index in [2.05, 4.69) is 21.2 Å². The zero-order chi connectivity index (χ0) is 17.7. The van der Waals surface area contributed by atoms with Gasteiger partial charge in [-0.3, -0.25) is 4.79 Å². The van der Waals surface area contributed by atoms with Crippen LogP contribution in [0.1, 0.15) is 15.9 Å². The molecule has 0 atom stereocenters. The van der Waals surface area contributed by atoms with Gasteiger partial charge in [-0.25, -0.2) is 0 Å². The van der Waals surface area contributed by atoms with Crippen molar-refractivity contribution >= 4 is 21.8 Å². The lowest BCUT2D eigenvalue weighted by Crippen LogP contribution is -2.23. The first kappa shape index (κ1) is 17.9. The van der Waals surface area contributed by atoms with Gasteiger partial charge in [0.15, 0.2) is 11.5 Å². The van der Waals surface area contributed by atoms with Gasteiger partial charge in [-0.05, 0) is 24.3 Å². The Morgan fingerprint density at radius 2 is 1.67 bits per heavy atom. The Labute approximate surface area is 148 Å². The van der Waals surface area contributed by atoms with Gasteiger partial charge >= 0.3 is 0 Å². The van der Waals surface area contributed by atoms with Crippen molar-refractivity contribution in [3.8, 4) is 23.0 Å². The maximum absolute atomic E-state index is 12.3. The highest BCUT2D eigenvalue weighted by Crippen LogP contribution is 2.34. The average molecular weight is 396 g/mol. The zero-order valence-electron chi connectivity index (χ0n) is 13.6. The molecule has 0 aliphatic carbocycles. The molecule has 0 unspecified atom stereocenters. The maximum atomic E-state index is 12.3. The van der Waals surface area contributed by atoms with Crippen LogP contribution in [0.2, 0.25) is 0 Å². The fourth-order valence-electron chi connectivity index (χ4n) is 2.19. The highest BCUT2D eigenvalue weighted by Gasteiger charge is 2.15. The monoisotopic (exact) mass is 395 g/mol. The van der Waals surface area contributed by atoms with E-state index in [1.807, 2.05) is 0 Å². The topological polar surface area (TPSA) is 77.0 Å². The first-order valence-electron chi connectivity index (χ1n) is 7.05. The van der Waals surface area contributed by atoms with E-state index in [0.29, 0.717) is 21.7 Å². The van der Waals surface area contributed by atoms with Crippen molar-refractivity contribution < 1.29 is 24.1 Å². The minimum absolute atomic E-state index is 0.0880. The normalized spacial score (nSPS) is 10.2. The first-order chi connectivity index (χ1) is 11.5. The zero-order valence-corrected chi connectivity index (χ0v) is 15.1. The molecule has 0 fully saturated rings. The summed E-state index contributed by atoms with van der Waals surface area (Å²) in [5, 5.41) is 12.6. The number of rotatable bonds is 6. The highest BCUT2D eigenvalue weighted by atomic mass is 79.9. The van der Waals surface area contributed by atoms with Crippen molar-refractivity contribution in [2.24, 2.45) is 0 Å². The molecule has 0 bridgehead atoms. The van der Waals surface area contributed by atoms with E-state index < -0.39 is 5.91 Å². The summed E-state index contributed by atoms with van der Waals surface area (Å²) in [6.07, 6.45) is 0. The summed E-state index contributed by atoms with van der Waals surface area (Å²) in [6, 6.07) is 8.09. The first-order valence-corrected chi connectivity index (χ1v) is 7.85. The number of hydrogen-bond donors (Lipinski definition) is 2. The Balaban J connectivity index is 2.22. The Bertz CT molecular complexity index is 748. The van der Waals surface area contributed by atoms with E-state index in [0.717, 1.165) is 5.56 Å². The Morgan fingerprint density at radius 3 is 2.29 bits per heavy atom. The number of benzene rings is 2. The van der Waals surface area contributed by atoms with E-state index in [4.69, 9.17) is 14.2 Å². The van der Waals surface area contributed by atoms with Crippen molar-refractivity contribution in [2.75, 3.05) is 21.3 Å². The van der Waals surface area contributed by atoms with E-state index in [1.165, 1.54) is 27.4 Å². The molecule has 0 aromatic heterocycles. The molecule has 1 amide bonds. The minimum atomic E-state index is -0.398. The number of phenols is 1. The van der Waals surface area contributed by atoms with Gasteiger partial charge in [0, 0.05) is 22.6 Å². The molecule has 0 aliphatic rings. The molecule has 0 heterocycles. The molecule has 0 aliphatic heterocycles. The molecule has 0 radical (unpaired) electrons. The number of nitrogens with one attached hydrogen (secondary N) is 1. The Kier molecular flexibility index (Phi) is 5.92. The van der Waals surface area contributed by atoms with Crippen LogP contribution in [0.4, 0.5) is 0 Å². The van der Waals surface area contributed by atoms with Crippen LogP contribution in [0.25, 0.3) is 0 Å². The van der Waals surface area contributed by atoms with E-state index in [-0.39, 0.29) is 17.9 Å². The third kappa shape index (κ3) is 3.91. The Hall–Kier alpha value is -2.41. The Morgan fingerprint density at radius 1 is 1.04 bits per heavy atom. The van der Waals surface area contributed by atoms with Crippen molar-refractivity contribution in [3.63, 3.8) is 0 Å². The summed E-state index contributed by atoms with van der Waals surface area (Å²) < 4.78 is 16.5. The number of phenolic OH excluding ortho intramolecular Hbond substituents is 1. The standard InChI is InChI=1S/C17H18BrNO5/c1-22-14-8-16(24-3)15(23-2)6-10(14)9-19-17(21)12-7-11(18)4-5-13(12)20/h4-8,20H,9H2,1-3H3,(H,19,21). The number of methoxy groups -OCH3 is 3. The van der Waals surface area contributed by atoms with Crippen molar-refractivity contribution in [3.05, 3.63) is 45.9 Å². The van der Waals surface area contributed by atoms with Gasteiger partial charge in [-0.1, -0.05) is 15.9 Å². The van der Waals surface area contributed by atoms with Crippen molar-refractivity contribution in [1.29, 1.82) is 0 Å². The lowest BCUT2D eigenvalue weighted by atomic mass is 10.1. The second-order valence-electron chi connectivity index (χ2n) is 4.86. The van der Waals surface area contributed by atoms with Crippen LogP contribution in [0.15, 0.2) is 34.8 Å². The highest BCUT2D eigenvalue weighted by molar-refractivity contribution is 9.10. The lowest BCUT2D eigenvalue weighted by molar-refractivity contribution is 0.0948. The van der Waals surface area contributed by atoms with Crippen LogP contribution >= 0.6 is 15.9 Å². The molecule has 6 nitrogen and oxygen atoms in total. The molecule has 128 valence electrons. The third-order valence-electron chi connectivity index (χ3n) is 3.43. The number of carbonyl (C=O) groups excluding carboxylic acids is 1. The summed E-state index contributed by atoms with van der Waals surface area (Å²) in [6.45, 7) is 0.203. The molecule has 2 N–H and O–H groups in total. The second-order valence-corrected chi connectivity index (χ2v) is 5.78. The average Bonchev–Trinajstić information content (AvgIpc) is 2.60. The molecule has 0 spiro atoms. The van der Waals surface area contributed by atoms with E-state index in [1.54, 1.807) is 24.3 Å². The number of carbonyl (C=O) groups is 1. The molecule has 7 heteroatoms. The van der Waals surface area contributed by atoms with Gasteiger partial charge < -0.3 is 24.6 Å². The van der Waals surface area contributed by atoms with Crippen LogP contribution in [-0.2, 0) is 6.54 Å². The van der Waals surface area contributed by atoms with Crippen LogP contribution in [0.5, 0.6) is 23.0 Å². The SMILES string of the molecule is COc1cc(OC)c(OC)cc1CNC(=O)c1cc(Br)ccc1O.